The van der Waals surface area contributed by atoms with Gasteiger partial charge in [0.05, 0.1) is 17.5 Å². The highest BCUT2D eigenvalue weighted by Crippen LogP contribution is 2.34. The summed E-state index contributed by atoms with van der Waals surface area (Å²) in [6.45, 7) is 7.09. The third kappa shape index (κ3) is 2.99. The van der Waals surface area contributed by atoms with Crippen LogP contribution in [0.2, 0.25) is 0 Å². The predicted molar refractivity (Wildman–Crippen MR) is 95.8 cm³/mol. The van der Waals surface area contributed by atoms with Gasteiger partial charge in [-0.15, -0.1) is 0 Å². The van der Waals surface area contributed by atoms with Gasteiger partial charge in [-0.3, -0.25) is 4.57 Å². The van der Waals surface area contributed by atoms with Crippen LogP contribution in [0.4, 0.5) is 14.6 Å². The zero-order valence-electron chi connectivity index (χ0n) is 14.8. The fourth-order valence-corrected chi connectivity index (χ4v) is 3.30. The van der Waals surface area contributed by atoms with Crippen LogP contribution >= 0.6 is 0 Å². The van der Waals surface area contributed by atoms with Crippen LogP contribution in [0.5, 0.6) is 5.88 Å². The number of nitrogens with zero attached hydrogens (tertiary/aromatic N) is 3. The van der Waals surface area contributed by atoms with Crippen LogP contribution in [0, 0.1) is 11.6 Å². The number of anilines is 1. The Balaban J connectivity index is 2.01. The molecule has 5 nitrogen and oxygen atoms in total. The molecule has 0 bridgehead atoms. The first-order valence-electron chi connectivity index (χ1n) is 8.17. The van der Waals surface area contributed by atoms with Gasteiger partial charge >= 0.3 is 5.69 Å². The predicted octanol–water partition coefficient (Wildman–Crippen LogP) is 1.67. The van der Waals surface area contributed by atoms with E-state index in [1.807, 2.05) is 25.7 Å². The monoisotopic (exact) mass is 355 g/mol. The van der Waals surface area contributed by atoms with Crippen molar-refractivity contribution in [1.82, 2.24) is 9.55 Å². The van der Waals surface area contributed by atoms with Crippen molar-refractivity contribution < 1.29 is 13.5 Å². The lowest BCUT2D eigenvalue weighted by Gasteiger charge is -2.32. The Hall–Kier alpha value is -2.31. The summed E-state index contributed by atoms with van der Waals surface area (Å²) in [5.41, 5.74) is -1.19. The first kappa shape index (κ1) is 18.5. The van der Waals surface area contributed by atoms with E-state index in [9.17, 15) is 13.6 Å². The first-order chi connectivity index (χ1) is 12.1. The van der Waals surface area contributed by atoms with Crippen molar-refractivity contribution in [3.05, 3.63) is 51.9 Å². The minimum Gasteiger partial charge on any atom is -0.487 e. The number of fused-ring (bicyclic) bond motifs is 1. The van der Waals surface area contributed by atoms with Crippen molar-refractivity contribution in [1.29, 1.82) is 0 Å². The van der Waals surface area contributed by atoms with E-state index >= 15 is 0 Å². The largest absolute Gasteiger partial charge is 0.487 e. The minimum atomic E-state index is -2.20. The highest BCUT2D eigenvalue weighted by atomic mass is 19.2. The fourth-order valence-electron chi connectivity index (χ4n) is 3.30. The lowest BCUT2D eigenvalue weighted by Crippen LogP contribution is -2.41. The quantitative estimate of drug-likeness (QED) is 0.783. The maximum Gasteiger partial charge on any atom is 0.352 e. The van der Waals surface area contributed by atoms with Gasteiger partial charge in [-0.05, 0) is 26.8 Å². The summed E-state index contributed by atoms with van der Waals surface area (Å²) < 4.78 is 34.4. The Labute approximate surface area is 152 Å². The van der Waals surface area contributed by atoms with Crippen LogP contribution < -0.4 is 15.3 Å². The Kier molecular flexibility index (Phi) is 4.37. The number of hydrogen-bond donors (Lipinski definition) is 0. The maximum atomic E-state index is 14.0. The standard InChI is InChI=1S/C17H17B2F2N3O2/c1-4-24-13-8-12(22-15(25)23(13)9-16(24,2)3)26-17(18,19)10-6-5-7-11(20)14(10)21/h5-8H,4,9H2,1-3H3. The maximum absolute atomic E-state index is 14.0. The summed E-state index contributed by atoms with van der Waals surface area (Å²) in [7, 11) is 11.7. The molecule has 1 aromatic carbocycles. The van der Waals surface area contributed by atoms with Gasteiger partial charge in [0.15, 0.2) is 11.6 Å². The number of likely N-dealkylation sites (N-methyl/N-ethyl adjacent to an activating group) is 1. The van der Waals surface area contributed by atoms with Gasteiger partial charge in [0.1, 0.15) is 21.5 Å². The number of ether oxygens (including phenoxy) is 1. The van der Waals surface area contributed by atoms with Crippen LogP contribution in [0.3, 0.4) is 0 Å². The molecule has 2 heterocycles. The lowest BCUT2D eigenvalue weighted by atomic mass is 9.61. The van der Waals surface area contributed by atoms with E-state index in [1.165, 1.54) is 22.8 Å². The molecular formula is C17H17B2F2N3O2. The average molecular weight is 355 g/mol. The number of rotatable bonds is 4. The van der Waals surface area contributed by atoms with E-state index in [0.717, 1.165) is 6.07 Å². The zero-order valence-corrected chi connectivity index (χ0v) is 14.8. The van der Waals surface area contributed by atoms with Gasteiger partial charge in [-0.2, -0.15) is 4.98 Å². The number of hydrogen-bond acceptors (Lipinski definition) is 4. The van der Waals surface area contributed by atoms with E-state index in [1.54, 1.807) is 0 Å². The first-order valence-corrected chi connectivity index (χ1v) is 8.17. The molecule has 0 saturated carbocycles. The third-order valence-electron chi connectivity index (χ3n) is 4.48. The van der Waals surface area contributed by atoms with E-state index in [2.05, 4.69) is 4.98 Å². The summed E-state index contributed by atoms with van der Waals surface area (Å²) in [5.74, 6) is -1.88. The number of aromatic nitrogens is 2. The Morgan fingerprint density at radius 2 is 2.04 bits per heavy atom. The minimum absolute atomic E-state index is 0.161. The molecule has 1 aliphatic heterocycles. The van der Waals surface area contributed by atoms with E-state index < -0.39 is 22.7 Å². The van der Waals surface area contributed by atoms with Gasteiger partial charge in [-0.25, -0.2) is 13.6 Å². The number of benzene rings is 1. The van der Waals surface area contributed by atoms with Gasteiger partial charge in [0.25, 0.3) is 0 Å². The normalized spacial score (nSPS) is 15.8. The van der Waals surface area contributed by atoms with Crippen LogP contribution in [0.15, 0.2) is 29.1 Å². The molecule has 1 aromatic heterocycles. The van der Waals surface area contributed by atoms with Crippen molar-refractivity contribution in [2.45, 2.75) is 38.3 Å². The van der Waals surface area contributed by atoms with Crippen LogP contribution in [-0.2, 0) is 11.9 Å². The molecule has 3 rings (SSSR count). The molecule has 2 aromatic rings. The summed E-state index contributed by atoms with van der Waals surface area (Å²) in [6, 6.07) is 4.93. The summed E-state index contributed by atoms with van der Waals surface area (Å²) in [6.07, 6.45) is 0. The van der Waals surface area contributed by atoms with Crippen LogP contribution in [-0.4, -0.2) is 37.3 Å². The van der Waals surface area contributed by atoms with Crippen molar-refractivity contribution in [3.63, 3.8) is 0 Å². The topological polar surface area (TPSA) is 47.4 Å². The molecule has 0 amide bonds. The molecule has 0 saturated heterocycles. The van der Waals surface area contributed by atoms with Gasteiger partial charge in [0, 0.05) is 18.2 Å². The molecule has 0 N–H and O–H groups in total. The van der Waals surface area contributed by atoms with E-state index in [-0.39, 0.29) is 17.0 Å². The van der Waals surface area contributed by atoms with Crippen molar-refractivity contribution in [2.75, 3.05) is 11.4 Å². The summed E-state index contributed by atoms with van der Waals surface area (Å²) >= 11 is 0. The molecule has 26 heavy (non-hydrogen) atoms. The fraction of sp³-hybridized carbons (Fsp3) is 0.412. The van der Waals surface area contributed by atoms with Crippen LogP contribution in [0.25, 0.3) is 0 Å². The Morgan fingerprint density at radius 1 is 1.35 bits per heavy atom. The second-order valence-corrected chi connectivity index (χ2v) is 6.87. The van der Waals surface area contributed by atoms with Crippen molar-refractivity contribution >= 4 is 21.5 Å². The highest BCUT2D eigenvalue weighted by Gasteiger charge is 2.37. The van der Waals surface area contributed by atoms with Gasteiger partial charge < -0.3 is 9.64 Å². The van der Waals surface area contributed by atoms with Gasteiger partial charge in [0.2, 0.25) is 5.88 Å². The molecule has 1 aliphatic rings. The lowest BCUT2D eigenvalue weighted by molar-refractivity contribution is 0.225. The SMILES string of the molecule is [B]C([B])(Oc1cc2n(c(=O)n1)CC(C)(C)N2CC)c1cccc(F)c1F. The average Bonchev–Trinajstić information content (AvgIpc) is 2.79. The molecule has 132 valence electrons. The van der Waals surface area contributed by atoms with Crippen molar-refractivity contribution in [2.24, 2.45) is 0 Å². The second kappa shape index (κ2) is 6.14. The number of halogens is 2. The summed E-state index contributed by atoms with van der Waals surface area (Å²) in [4.78, 5) is 18.2. The zero-order chi connectivity index (χ0) is 19.3. The molecule has 9 heteroatoms. The smallest absolute Gasteiger partial charge is 0.352 e. The van der Waals surface area contributed by atoms with E-state index in [0.29, 0.717) is 18.9 Å². The molecule has 0 spiro atoms. The van der Waals surface area contributed by atoms with E-state index in [4.69, 9.17) is 20.4 Å². The molecule has 0 aliphatic carbocycles. The molecule has 0 atom stereocenters. The Morgan fingerprint density at radius 3 is 2.69 bits per heavy atom. The second-order valence-electron chi connectivity index (χ2n) is 6.87. The van der Waals surface area contributed by atoms with Crippen molar-refractivity contribution in [3.8, 4) is 5.88 Å². The van der Waals surface area contributed by atoms with Gasteiger partial charge in [-0.1, -0.05) is 12.1 Å². The molecule has 4 radical (unpaired) electrons. The Bertz CT molecular complexity index is 915. The summed E-state index contributed by atoms with van der Waals surface area (Å²) in [5, 5.41) is -2.20. The highest BCUT2D eigenvalue weighted by molar-refractivity contribution is 6.39. The van der Waals surface area contributed by atoms with Crippen LogP contribution in [0.1, 0.15) is 26.3 Å². The molecule has 0 unspecified atom stereocenters. The molecule has 0 fully saturated rings. The third-order valence-corrected chi connectivity index (χ3v) is 4.48. The molecular weight excluding hydrogens is 338 g/mol.